The zero-order valence-electron chi connectivity index (χ0n) is 11.9. The Morgan fingerprint density at radius 3 is 2.57 bits per heavy atom. The molecule has 0 aliphatic carbocycles. The third-order valence-electron chi connectivity index (χ3n) is 3.09. The van der Waals surface area contributed by atoms with Crippen molar-refractivity contribution in [3.8, 4) is 11.1 Å². The van der Waals surface area contributed by atoms with E-state index < -0.39 is 11.2 Å². The van der Waals surface area contributed by atoms with Crippen LogP contribution in [0.25, 0.3) is 11.1 Å². The summed E-state index contributed by atoms with van der Waals surface area (Å²) < 4.78 is 6.51. The molecule has 0 fully saturated rings. The van der Waals surface area contributed by atoms with Gasteiger partial charge in [0.05, 0.1) is 18.2 Å². The molecule has 0 aliphatic heterocycles. The zero-order chi connectivity index (χ0) is 15.4. The van der Waals surface area contributed by atoms with Gasteiger partial charge in [-0.3, -0.25) is 14.3 Å². The third-order valence-corrected chi connectivity index (χ3v) is 3.38. The van der Waals surface area contributed by atoms with Crippen LogP contribution in [0.15, 0.2) is 39.9 Å². The monoisotopic (exact) mass is 308 g/mol. The van der Waals surface area contributed by atoms with Gasteiger partial charge in [-0.05, 0) is 19.4 Å². The number of hydrogen-bond acceptors (Lipinski definition) is 3. The second kappa shape index (κ2) is 6.74. The maximum absolute atomic E-state index is 12.6. The molecule has 0 aliphatic rings. The number of hydrogen-bond donors (Lipinski definition) is 1. The summed E-state index contributed by atoms with van der Waals surface area (Å²) in [6.45, 7) is 4.37. The number of aromatic nitrogens is 2. The topological polar surface area (TPSA) is 64.1 Å². The minimum Gasteiger partial charge on any atom is -0.377 e. The fraction of sp³-hybridized carbons (Fsp3) is 0.333. The van der Waals surface area contributed by atoms with Gasteiger partial charge >= 0.3 is 5.69 Å². The van der Waals surface area contributed by atoms with Gasteiger partial charge in [0.25, 0.3) is 5.56 Å². The normalized spacial score (nSPS) is 12.3. The molecule has 0 saturated carbocycles. The van der Waals surface area contributed by atoms with E-state index in [9.17, 15) is 9.59 Å². The summed E-state index contributed by atoms with van der Waals surface area (Å²) in [5.74, 6) is 0. The molecule has 1 atom stereocenters. The van der Waals surface area contributed by atoms with Crippen molar-refractivity contribution in [3.63, 3.8) is 0 Å². The van der Waals surface area contributed by atoms with Crippen molar-refractivity contribution in [1.82, 2.24) is 9.55 Å². The van der Waals surface area contributed by atoms with Gasteiger partial charge < -0.3 is 4.74 Å². The molecule has 6 heteroatoms. The highest BCUT2D eigenvalue weighted by molar-refractivity contribution is 6.32. The second-order valence-electron chi connectivity index (χ2n) is 4.67. The first-order valence-electron chi connectivity index (χ1n) is 6.74. The lowest BCUT2D eigenvalue weighted by atomic mass is 10.1. The highest BCUT2D eigenvalue weighted by Gasteiger charge is 2.16. The number of ether oxygens (including phenoxy) is 1. The summed E-state index contributed by atoms with van der Waals surface area (Å²) >= 11 is 6.04. The van der Waals surface area contributed by atoms with E-state index in [2.05, 4.69) is 4.98 Å². The smallest absolute Gasteiger partial charge is 0.329 e. The van der Waals surface area contributed by atoms with E-state index in [4.69, 9.17) is 16.3 Å². The van der Waals surface area contributed by atoms with Gasteiger partial charge in [0.15, 0.2) is 0 Å². The van der Waals surface area contributed by atoms with Crippen molar-refractivity contribution < 1.29 is 4.74 Å². The highest BCUT2D eigenvalue weighted by Crippen LogP contribution is 2.20. The summed E-state index contributed by atoms with van der Waals surface area (Å²) in [6.07, 6.45) is -0.237. The van der Waals surface area contributed by atoms with Crippen LogP contribution in [0.4, 0.5) is 0 Å². The van der Waals surface area contributed by atoms with Crippen molar-refractivity contribution in [2.24, 2.45) is 0 Å². The Morgan fingerprint density at radius 1 is 1.29 bits per heavy atom. The van der Waals surface area contributed by atoms with Crippen LogP contribution >= 0.6 is 11.6 Å². The molecule has 1 aromatic carbocycles. The molecule has 0 spiro atoms. The first-order chi connectivity index (χ1) is 10.0. The van der Waals surface area contributed by atoms with Gasteiger partial charge in [-0.25, -0.2) is 4.79 Å². The number of halogens is 1. The zero-order valence-corrected chi connectivity index (χ0v) is 12.7. The van der Waals surface area contributed by atoms with E-state index in [1.54, 1.807) is 12.1 Å². The van der Waals surface area contributed by atoms with Crippen LogP contribution in [0.1, 0.15) is 13.8 Å². The number of H-pyrrole nitrogens is 1. The molecule has 21 heavy (non-hydrogen) atoms. The van der Waals surface area contributed by atoms with E-state index in [0.29, 0.717) is 17.7 Å². The number of rotatable bonds is 5. The van der Waals surface area contributed by atoms with Crippen LogP contribution in [-0.2, 0) is 11.3 Å². The Bertz CT molecular complexity index is 722. The summed E-state index contributed by atoms with van der Waals surface area (Å²) in [4.78, 5) is 27.0. The first-order valence-corrected chi connectivity index (χ1v) is 7.12. The Morgan fingerprint density at radius 2 is 1.95 bits per heavy atom. The molecule has 0 radical (unpaired) electrons. The first kappa shape index (κ1) is 15.5. The van der Waals surface area contributed by atoms with Gasteiger partial charge in [0, 0.05) is 6.61 Å². The van der Waals surface area contributed by atoms with E-state index >= 15 is 0 Å². The minimum absolute atomic E-state index is 0.0523. The molecule has 112 valence electrons. The van der Waals surface area contributed by atoms with Crippen molar-refractivity contribution in [2.75, 3.05) is 6.61 Å². The second-order valence-corrected chi connectivity index (χ2v) is 5.04. The SMILES string of the molecule is CCOC(C)Cn1c(=O)[nH]c(Cl)c(-c2ccccc2)c1=O. The van der Waals surface area contributed by atoms with E-state index in [1.807, 2.05) is 32.0 Å². The molecule has 0 bridgehead atoms. The molecule has 5 nitrogen and oxygen atoms in total. The van der Waals surface area contributed by atoms with Crippen molar-refractivity contribution in [2.45, 2.75) is 26.5 Å². The van der Waals surface area contributed by atoms with Crippen LogP contribution in [0.2, 0.25) is 5.15 Å². The van der Waals surface area contributed by atoms with Crippen LogP contribution in [0.5, 0.6) is 0 Å². The summed E-state index contributed by atoms with van der Waals surface area (Å²) in [5, 5.41) is 0.0523. The predicted molar refractivity (Wildman–Crippen MR) is 82.9 cm³/mol. The van der Waals surface area contributed by atoms with Crippen LogP contribution in [0.3, 0.4) is 0 Å². The number of benzene rings is 1. The highest BCUT2D eigenvalue weighted by atomic mass is 35.5. The van der Waals surface area contributed by atoms with Gasteiger partial charge in [0.2, 0.25) is 0 Å². The van der Waals surface area contributed by atoms with Crippen LogP contribution in [0, 0.1) is 0 Å². The lowest BCUT2D eigenvalue weighted by molar-refractivity contribution is 0.0624. The van der Waals surface area contributed by atoms with Gasteiger partial charge in [0.1, 0.15) is 5.15 Å². The van der Waals surface area contributed by atoms with Crippen molar-refractivity contribution in [1.29, 1.82) is 0 Å². The molecular formula is C15H17ClN2O3. The number of nitrogens with one attached hydrogen (secondary N) is 1. The molecule has 2 aromatic rings. The molecule has 1 unspecified atom stereocenters. The molecule has 1 N–H and O–H groups in total. The molecular weight excluding hydrogens is 292 g/mol. The summed E-state index contributed by atoms with van der Waals surface area (Å²) in [6, 6.07) is 9.01. The Balaban J connectivity index is 2.54. The molecule has 0 saturated heterocycles. The van der Waals surface area contributed by atoms with Crippen LogP contribution in [-0.4, -0.2) is 22.3 Å². The fourth-order valence-electron chi connectivity index (χ4n) is 2.16. The Hall–Kier alpha value is -1.85. The number of aromatic amines is 1. The maximum atomic E-state index is 12.6. The van der Waals surface area contributed by atoms with Crippen molar-refractivity contribution >= 4 is 11.6 Å². The minimum atomic E-state index is -0.531. The van der Waals surface area contributed by atoms with Gasteiger partial charge in [-0.1, -0.05) is 41.9 Å². The van der Waals surface area contributed by atoms with Crippen LogP contribution < -0.4 is 11.2 Å². The van der Waals surface area contributed by atoms with E-state index in [1.165, 1.54) is 0 Å². The van der Waals surface area contributed by atoms with Gasteiger partial charge in [-0.2, -0.15) is 0 Å². The van der Waals surface area contributed by atoms with E-state index in [-0.39, 0.29) is 17.8 Å². The quantitative estimate of drug-likeness (QED) is 0.862. The third kappa shape index (κ3) is 3.43. The molecule has 1 heterocycles. The summed E-state index contributed by atoms with van der Waals surface area (Å²) in [7, 11) is 0. The Kier molecular flexibility index (Phi) is 4.98. The van der Waals surface area contributed by atoms with Gasteiger partial charge in [-0.15, -0.1) is 0 Å². The van der Waals surface area contributed by atoms with E-state index in [0.717, 1.165) is 4.57 Å². The standard InChI is InChI=1S/C15H17ClN2O3/c1-3-21-10(2)9-18-14(19)12(13(16)17-15(18)20)11-7-5-4-6-8-11/h4-8,10H,3,9H2,1-2H3,(H,17,20). The van der Waals surface area contributed by atoms with Crippen molar-refractivity contribution in [3.05, 3.63) is 56.3 Å². The fourth-order valence-corrected chi connectivity index (χ4v) is 2.43. The lowest BCUT2D eigenvalue weighted by Crippen LogP contribution is -2.39. The maximum Gasteiger partial charge on any atom is 0.329 e. The molecule has 1 aromatic heterocycles. The molecule has 0 amide bonds. The lowest BCUT2D eigenvalue weighted by Gasteiger charge is -2.14. The predicted octanol–water partition coefficient (Wildman–Crippen LogP) is 2.28. The largest absolute Gasteiger partial charge is 0.377 e. The molecule has 2 rings (SSSR count). The average Bonchev–Trinajstić information content (AvgIpc) is 2.45. The number of nitrogens with zero attached hydrogens (tertiary/aromatic N) is 1. The Labute approximate surface area is 127 Å². The average molecular weight is 309 g/mol. The summed E-state index contributed by atoms with van der Waals surface area (Å²) in [5.41, 5.74) is 0.0138.